The number of methoxy groups -OCH3 is 3. The summed E-state index contributed by atoms with van der Waals surface area (Å²) in [5.41, 5.74) is 3.78. The number of halogens is 2. The summed E-state index contributed by atoms with van der Waals surface area (Å²) in [6.45, 7) is 3.77. The van der Waals surface area contributed by atoms with Crippen LogP contribution >= 0.6 is 23.2 Å². The number of nitrogens with one attached hydrogen (secondary N) is 2. The Hall–Kier alpha value is -4.41. The number of urea groups is 1. The largest absolute Gasteiger partial charge is 0.496 e. The van der Waals surface area contributed by atoms with Gasteiger partial charge in [0, 0.05) is 17.5 Å². The van der Waals surface area contributed by atoms with Crippen LogP contribution in [-0.4, -0.2) is 39.3 Å². The minimum atomic E-state index is -0.593. The van der Waals surface area contributed by atoms with Crippen molar-refractivity contribution in [2.75, 3.05) is 32.0 Å². The molecule has 232 valence electrons. The summed E-state index contributed by atoms with van der Waals surface area (Å²) in [4.78, 5) is 38.5. The predicted molar refractivity (Wildman–Crippen MR) is 168 cm³/mol. The summed E-state index contributed by atoms with van der Waals surface area (Å²) in [5.74, 6) is 0.324. The molecule has 0 unspecified atom stereocenters. The van der Waals surface area contributed by atoms with Crippen molar-refractivity contribution < 1.29 is 38.1 Å². The molecule has 2 amide bonds. The second-order valence-electron chi connectivity index (χ2n) is 9.84. The quantitative estimate of drug-likeness (QED) is 0.125. The van der Waals surface area contributed by atoms with Crippen molar-refractivity contribution in [2.24, 2.45) is 0 Å². The fourth-order valence-corrected chi connectivity index (χ4v) is 5.28. The molecular weight excluding hydrogens is 611 g/mol. The number of hydrogen-bond acceptors (Lipinski definition) is 8. The molecule has 0 atom stereocenters. The Balaban J connectivity index is 1.54. The highest BCUT2D eigenvalue weighted by atomic mass is 35.5. The van der Waals surface area contributed by atoms with Gasteiger partial charge in [0.05, 0.1) is 43.3 Å². The van der Waals surface area contributed by atoms with Gasteiger partial charge in [-0.15, -0.1) is 0 Å². The number of esters is 2. The fraction of sp³-hybridized carbons (Fsp3) is 0.281. The molecule has 12 heteroatoms. The Morgan fingerprint density at radius 1 is 0.955 bits per heavy atom. The van der Waals surface area contributed by atoms with Gasteiger partial charge in [-0.05, 0) is 56.5 Å². The molecule has 2 N–H and O–H groups in total. The van der Waals surface area contributed by atoms with Gasteiger partial charge in [0.25, 0.3) is 0 Å². The van der Waals surface area contributed by atoms with Gasteiger partial charge in [-0.1, -0.05) is 47.0 Å². The van der Waals surface area contributed by atoms with Gasteiger partial charge >= 0.3 is 18.0 Å². The molecule has 0 aliphatic carbocycles. The van der Waals surface area contributed by atoms with Crippen molar-refractivity contribution >= 4 is 52.5 Å². The van der Waals surface area contributed by atoms with E-state index in [9.17, 15) is 14.4 Å². The molecular formula is C32H32Cl2N2O8. The number of anilines is 2. The number of amides is 2. The third-order valence-corrected chi connectivity index (χ3v) is 7.78. The Morgan fingerprint density at radius 2 is 1.66 bits per heavy atom. The van der Waals surface area contributed by atoms with E-state index >= 15 is 0 Å². The number of allylic oxidation sites excluding steroid dienone is 2. The van der Waals surface area contributed by atoms with Crippen molar-refractivity contribution in [3.8, 4) is 23.0 Å². The number of carbonyl (C=O) groups is 3. The monoisotopic (exact) mass is 642 g/mol. The maximum Gasteiger partial charge on any atom is 0.341 e. The molecule has 1 aliphatic heterocycles. The zero-order valence-corrected chi connectivity index (χ0v) is 26.4. The summed E-state index contributed by atoms with van der Waals surface area (Å²) in [6, 6.07) is 9.34. The summed E-state index contributed by atoms with van der Waals surface area (Å²) in [7, 11) is 4.44. The van der Waals surface area contributed by atoms with Crippen molar-refractivity contribution in [2.45, 2.75) is 39.7 Å². The smallest absolute Gasteiger partial charge is 0.341 e. The first-order valence-corrected chi connectivity index (χ1v) is 14.3. The number of hydrogen-bond donors (Lipinski definition) is 2. The average Bonchev–Trinajstić information content (AvgIpc) is 3.40. The maximum absolute atomic E-state index is 13.1. The second-order valence-corrected chi connectivity index (χ2v) is 10.6. The average molecular weight is 644 g/mol. The lowest BCUT2D eigenvalue weighted by molar-refractivity contribution is -0.134. The van der Waals surface area contributed by atoms with Crippen LogP contribution in [0.25, 0.3) is 0 Å². The topological polar surface area (TPSA) is 121 Å². The molecule has 44 heavy (non-hydrogen) atoms. The summed E-state index contributed by atoms with van der Waals surface area (Å²) >= 11 is 12.5. The molecule has 1 heterocycles. The zero-order chi connectivity index (χ0) is 32.0. The SMILES string of the molecule is COc1ccc(OC(=O)CC/C(C)=C/Cc2c(NC(=O)Nc3ccccc3Cl)c3c(c(C)c2OC)COC3=O)c(Cl)c1OC. The minimum Gasteiger partial charge on any atom is -0.496 e. The van der Waals surface area contributed by atoms with E-state index in [4.69, 9.17) is 46.9 Å². The summed E-state index contributed by atoms with van der Waals surface area (Å²) in [5, 5.41) is 6.02. The molecule has 0 saturated carbocycles. The lowest BCUT2D eigenvalue weighted by atomic mass is 9.93. The van der Waals surface area contributed by atoms with Crippen LogP contribution in [0.4, 0.5) is 16.2 Å². The van der Waals surface area contributed by atoms with Crippen LogP contribution in [0.15, 0.2) is 48.0 Å². The van der Waals surface area contributed by atoms with Crippen molar-refractivity contribution in [3.05, 3.63) is 80.3 Å². The lowest BCUT2D eigenvalue weighted by Gasteiger charge is -2.20. The Bertz CT molecular complexity index is 1640. The molecule has 3 aromatic rings. The van der Waals surface area contributed by atoms with Crippen LogP contribution < -0.4 is 29.6 Å². The van der Waals surface area contributed by atoms with Crippen LogP contribution in [-0.2, 0) is 22.6 Å². The normalized spacial score (nSPS) is 12.2. The van der Waals surface area contributed by atoms with Crippen molar-refractivity contribution in [1.29, 1.82) is 0 Å². The van der Waals surface area contributed by atoms with Gasteiger partial charge in [-0.2, -0.15) is 0 Å². The highest BCUT2D eigenvalue weighted by Crippen LogP contribution is 2.43. The lowest BCUT2D eigenvalue weighted by Crippen LogP contribution is -2.22. The van der Waals surface area contributed by atoms with Crippen LogP contribution in [0.2, 0.25) is 10.0 Å². The van der Waals surface area contributed by atoms with Crippen LogP contribution in [0.3, 0.4) is 0 Å². The second kappa shape index (κ2) is 14.4. The molecule has 0 aromatic heterocycles. The van der Waals surface area contributed by atoms with E-state index in [1.54, 1.807) is 30.3 Å². The highest BCUT2D eigenvalue weighted by molar-refractivity contribution is 6.34. The first-order chi connectivity index (χ1) is 21.1. The third kappa shape index (κ3) is 7.03. The number of carbonyl (C=O) groups excluding carboxylic acids is 3. The van der Waals surface area contributed by atoms with Gasteiger partial charge in [0.15, 0.2) is 17.2 Å². The molecule has 4 rings (SSSR count). The predicted octanol–water partition coefficient (Wildman–Crippen LogP) is 7.52. The van der Waals surface area contributed by atoms with E-state index < -0.39 is 18.0 Å². The van der Waals surface area contributed by atoms with Crippen molar-refractivity contribution in [3.63, 3.8) is 0 Å². The molecule has 0 saturated heterocycles. The summed E-state index contributed by atoms with van der Waals surface area (Å²) in [6.07, 6.45) is 2.64. The standard InChI is InChI=1S/C32H32Cl2N2O8/c1-17(11-15-25(37)44-23-13-14-24(40-3)30(42-5)27(23)34)10-12-19-28(36-32(39)35-22-9-7-6-8-21(22)33)26-20(16-43-31(26)38)18(2)29(19)41-4/h6-10,13-14H,11-12,15-16H2,1-5H3,(H2,35,36,39)/b17-10+. The molecule has 0 radical (unpaired) electrons. The van der Waals surface area contributed by atoms with E-state index in [1.807, 2.05) is 19.9 Å². The van der Waals surface area contributed by atoms with Gasteiger partial charge in [0.1, 0.15) is 17.4 Å². The maximum atomic E-state index is 13.1. The molecule has 1 aliphatic rings. The van der Waals surface area contributed by atoms with Gasteiger partial charge in [-0.25, -0.2) is 9.59 Å². The van der Waals surface area contributed by atoms with Gasteiger partial charge in [-0.3, -0.25) is 4.79 Å². The Morgan fingerprint density at radius 3 is 2.34 bits per heavy atom. The molecule has 0 fully saturated rings. The number of ether oxygens (including phenoxy) is 5. The fourth-order valence-electron chi connectivity index (χ4n) is 4.82. The molecule has 0 bridgehead atoms. The number of rotatable bonds is 11. The van der Waals surface area contributed by atoms with E-state index in [0.717, 1.165) is 11.1 Å². The van der Waals surface area contributed by atoms with Gasteiger partial charge < -0.3 is 34.3 Å². The van der Waals surface area contributed by atoms with E-state index in [2.05, 4.69) is 10.6 Å². The third-order valence-electron chi connectivity index (χ3n) is 7.09. The zero-order valence-electron chi connectivity index (χ0n) is 24.9. The first-order valence-electron chi connectivity index (χ1n) is 13.6. The number of benzene rings is 3. The minimum absolute atomic E-state index is 0.0680. The van der Waals surface area contributed by atoms with Crippen LogP contribution in [0.1, 0.15) is 46.8 Å². The molecule has 10 nitrogen and oxygen atoms in total. The van der Waals surface area contributed by atoms with Crippen molar-refractivity contribution in [1.82, 2.24) is 0 Å². The number of cyclic esters (lactones) is 1. The van der Waals surface area contributed by atoms with Crippen LogP contribution in [0.5, 0.6) is 23.0 Å². The summed E-state index contributed by atoms with van der Waals surface area (Å²) < 4.78 is 27.0. The van der Waals surface area contributed by atoms with E-state index in [0.29, 0.717) is 39.8 Å². The van der Waals surface area contributed by atoms with Gasteiger partial charge in [0.2, 0.25) is 0 Å². The number of para-hydroxylation sites is 1. The van der Waals surface area contributed by atoms with E-state index in [-0.39, 0.29) is 47.2 Å². The molecule has 0 spiro atoms. The Kier molecular flexibility index (Phi) is 10.6. The Labute approximate surface area is 265 Å². The molecule has 3 aromatic carbocycles. The van der Waals surface area contributed by atoms with E-state index in [1.165, 1.54) is 27.4 Å². The highest BCUT2D eigenvalue weighted by Gasteiger charge is 2.33. The number of fused-ring (bicyclic) bond motifs is 1. The van der Waals surface area contributed by atoms with Crippen LogP contribution in [0, 0.1) is 6.92 Å². The first kappa shape index (κ1) is 32.5.